The van der Waals surface area contributed by atoms with Gasteiger partial charge in [0.1, 0.15) is 6.61 Å². The highest BCUT2D eigenvalue weighted by molar-refractivity contribution is 7.47. The van der Waals surface area contributed by atoms with Crippen LogP contribution in [0, 0.1) is 0 Å². The van der Waals surface area contributed by atoms with Crippen LogP contribution in [0.5, 0.6) is 0 Å². The first-order valence-corrected chi connectivity index (χ1v) is 35.1. The van der Waals surface area contributed by atoms with Gasteiger partial charge in [0.15, 0.2) is 6.10 Å². The Labute approximate surface area is 483 Å². The van der Waals surface area contributed by atoms with E-state index in [1.165, 1.54) is 250 Å². The minimum Gasteiger partial charge on any atom is -0.462 e. The summed E-state index contributed by atoms with van der Waals surface area (Å²) in [5.74, 6) is -0.805. The van der Waals surface area contributed by atoms with Crippen molar-refractivity contribution < 1.29 is 37.6 Å². The lowest BCUT2D eigenvalue weighted by Crippen LogP contribution is -2.29. The second-order valence-electron chi connectivity index (χ2n) is 22.7. The number of rotatable bonds is 64. The zero-order valence-corrected chi connectivity index (χ0v) is 52.3. The topological polar surface area (TPSA) is 134 Å². The third-order valence-corrected chi connectivity index (χ3v) is 16.0. The lowest BCUT2D eigenvalue weighted by atomic mass is 10.0. The maximum Gasteiger partial charge on any atom is 0.472 e. The van der Waals surface area contributed by atoms with Crippen LogP contribution in [0.3, 0.4) is 0 Å². The van der Waals surface area contributed by atoms with Gasteiger partial charge in [-0.15, -0.1) is 0 Å². The number of phosphoric acid groups is 1. The smallest absolute Gasteiger partial charge is 0.462 e. The van der Waals surface area contributed by atoms with Gasteiger partial charge in [-0.1, -0.05) is 326 Å². The summed E-state index contributed by atoms with van der Waals surface area (Å²) in [6.07, 6.45) is 80.6. The molecule has 10 heteroatoms. The van der Waals surface area contributed by atoms with Crippen LogP contribution in [0.4, 0.5) is 0 Å². The van der Waals surface area contributed by atoms with Crippen LogP contribution >= 0.6 is 7.82 Å². The van der Waals surface area contributed by atoms with E-state index in [-0.39, 0.29) is 38.6 Å². The van der Waals surface area contributed by atoms with Gasteiger partial charge in [-0.3, -0.25) is 18.6 Å². The fraction of sp³-hybridized carbons (Fsp3) is 0.853. The molecule has 0 aliphatic rings. The summed E-state index contributed by atoms with van der Waals surface area (Å²) >= 11 is 0. The van der Waals surface area contributed by atoms with Crippen molar-refractivity contribution in [1.82, 2.24) is 0 Å². The van der Waals surface area contributed by atoms with Crippen LogP contribution in [0.2, 0.25) is 0 Å². The molecule has 0 bridgehead atoms. The van der Waals surface area contributed by atoms with Crippen LogP contribution in [-0.4, -0.2) is 49.3 Å². The van der Waals surface area contributed by atoms with Crippen molar-refractivity contribution in [3.8, 4) is 0 Å². The van der Waals surface area contributed by atoms with E-state index in [0.717, 1.165) is 57.8 Å². The normalized spacial score (nSPS) is 13.2. The van der Waals surface area contributed by atoms with Crippen molar-refractivity contribution in [1.29, 1.82) is 0 Å². The van der Waals surface area contributed by atoms with Crippen LogP contribution in [0.25, 0.3) is 0 Å². The molecule has 0 heterocycles. The average Bonchev–Trinajstić information content (AvgIpc) is 3.43. The van der Waals surface area contributed by atoms with Gasteiger partial charge in [0.2, 0.25) is 0 Å². The molecule has 3 N–H and O–H groups in total. The summed E-state index contributed by atoms with van der Waals surface area (Å²) in [5.41, 5.74) is 5.40. The highest BCUT2D eigenvalue weighted by Gasteiger charge is 2.26. The van der Waals surface area contributed by atoms with Crippen molar-refractivity contribution in [3.63, 3.8) is 0 Å². The van der Waals surface area contributed by atoms with E-state index in [1.54, 1.807) is 0 Å². The molecular formula is C68H128NO8P. The first kappa shape index (κ1) is 76.0. The number of unbranched alkanes of at least 4 members (excludes halogenated alkanes) is 43. The Morgan fingerprint density at radius 1 is 0.397 bits per heavy atom. The second-order valence-corrected chi connectivity index (χ2v) is 24.1. The maximum atomic E-state index is 12.7. The summed E-state index contributed by atoms with van der Waals surface area (Å²) in [4.78, 5) is 35.3. The molecule has 0 amide bonds. The van der Waals surface area contributed by atoms with Gasteiger partial charge in [-0.25, -0.2) is 4.57 Å². The largest absolute Gasteiger partial charge is 0.472 e. The summed E-state index contributed by atoms with van der Waals surface area (Å²) in [5, 5.41) is 0. The number of allylic oxidation sites excluding steroid dienone is 8. The molecule has 0 aromatic carbocycles. The molecule has 0 saturated heterocycles. The predicted octanol–water partition coefficient (Wildman–Crippen LogP) is 21.7. The molecular weight excluding hydrogens is 990 g/mol. The summed E-state index contributed by atoms with van der Waals surface area (Å²) < 4.78 is 33.1. The van der Waals surface area contributed by atoms with Crippen molar-refractivity contribution in [2.24, 2.45) is 5.73 Å². The fourth-order valence-corrected chi connectivity index (χ4v) is 10.8. The number of hydrogen-bond acceptors (Lipinski definition) is 8. The van der Waals surface area contributed by atoms with Crippen molar-refractivity contribution in [2.45, 2.75) is 347 Å². The van der Waals surface area contributed by atoms with Gasteiger partial charge >= 0.3 is 19.8 Å². The molecule has 0 fully saturated rings. The van der Waals surface area contributed by atoms with Crippen molar-refractivity contribution in [3.05, 3.63) is 48.6 Å². The van der Waals surface area contributed by atoms with E-state index in [1.807, 2.05) is 0 Å². The number of carbonyl (C=O) groups is 2. The summed E-state index contributed by atoms with van der Waals surface area (Å²) in [7, 11) is -4.39. The highest BCUT2D eigenvalue weighted by atomic mass is 31.2. The molecule has 9 nitrogen and oxygen atoms in total. The van der Waals surface area contributed by atoms with E-state index >= 15 is 0 Å². The minimum atomic E-state index is -4.39. The standard InChI is InChI=1S/C68H128NO8P/c1-3-5-7-9-11-13-15-17-19-21-23-25-26-27-28-29-30-31-32-33-34-35-36-37-38-39-40-41-43-45-47-49-51-53-55-57-59-61-68(71)77-66(65-76-78(72,73)75-63-62-69)64-74-67(70)60-58-56-54-52-50-48-46-44-42-24-22-20-18-16-14-12-10-8-6-4-2/h5,7,11,13,17,19,23,25,66H,3-4,6,8-10,12,14-16,18,20-22,24,26-65,69H2,1-2H3,(H,72,73)/b7-5-,13-11-,19-17-,25-23-. The molecule has 0 saturated carbocycles. The van der Waals surface area contributed by atoms with E-state index < -0.39 is 26.5 Å². The molecule has 78 heavy (non-hydrogen) atoms. The number of esters is 2. The number of carbonyl (C=O) groups excluding carboxylic acids is 2. The Kier molecular flexibility index (Phi) is 62.5. The maximum absolute atomic E-state index is 12.7. The third-order valence-electron chi connectivity index (χ3n) is 15.0. The average molecular weight is 1120 g/mol. The van der Waals surface area contributed by atoms with Gasteiger partial charge in [-0.05, 0) is 51.4 Å². The first-order chi connectivity index (χ1) is 38.3. The van der Waals surface area contributed by atoms with Crippen molar-refractivity contribution >= 4 is 19.8 Å². The Morgan fingerprint density at radius 3 is 1.05 bits per heavy atom. The van der Waals surface area contributed by atoms with E-state index in [9.17, 15) is 19.0 Å². The van der Waals surface area contributed by atoms with Gasteiger partial charge in [0, 0.05) is 19.4 Å². The Bertz CT molecular complexity index is 1420. The van der Waals surface area contributed by atoms with E-state index in [4.69, 9.17) is 24.3 Å². The van der Waals surface area contributed by atoms with E-state index in [0.29, 0.717) is 6.42 Å². The summed E-state index contributed by atoms with van der Waals surface area (Å²) in [6.45, 7) is 3.70. The highest BCUT2D eigenvalue weighted by Crippen LogP contribution is 2.43. The number of nitrogens with two attached hydrogens (primary N) is 1. The molecule has 458 valence electrons. The number of phosphoric ester groups is 1. The minimum absolute atomic E-state index is 0.0563. The van der Waals surface area contributed by atoms with Gasteiger partial charge in [0.05, 0.1) is 13.2 Å². The molecule has 2 atom stereocenters. The zero-order valence-electron chi connectivity index (χ0n) is 51.4. The van der Waals surface area contributed by atoms with E-state index in [2.05, 4.69) is 62.5 Å². The lowest BCUT2D eigenvalue weighted by Gasteiger charge is -2.19. The van der Waals surface area contributed by atoms with Crippen LogP contribution in [0.15, 0.2) is 48.6 Å². The van der Waals surface area contributed by atoms with Gasteiger partial charge in [0.25, 0.3) is 0 Å². The van der Waals surface area contributed by atoms with Crippen molar-refractivity contribution in [2.75, 3.05) is 26.4 Å². The quantitative estimate of drug-likeness (QED) is 0.0264. The molecule has 0 aromatic heterocycles. The monoisotopic (exact) mass is 1120 g/mol. The molecule has 0 rings (SSSR count). The SMILES string of the molecule is CC/C=C\C/C=C\C/C=C\C/C=C\CCCCCCCCCCCCCCCCCCCCCCCCCCC(=O)OC(COC(=O)CCCCCCCCCCCCCCCCCCCCCC)COP(=O)(O)OCCN. The molecule has 2 unspecified atom stereocenters. The Hall–Kier alpha value is -2.03. The van der Waals surface area contributed by atoms with Gasteiger partial charge in [-0.2, -0.15) is 0 Å². The van der Waals surface area contributed by atoms with Crippen LogP contribution in [-0.2, 0) is 32.7 Å². The number of hydrogen-bond donors (Lipinski definition) is 2. The molecule has 0 aliphatic heterocycles. The molecule has 0 aromatic rings. The van der Waals surface area contributed by atoms with Crippen LogP contribution < -0.4 is 5.73 Å². The first-order valence-electron chi connectivity index (χ1n) is 33.6. The zero-order chi connectivity index (χ0) is 56.6. The second kappa shape index (κ2) is 64.1. The third kappa shape index (κ3) is 63.2. The fourth-order valence-electron chi connectivity index (χ4n) is 10.0. The van der Waals surface area contributed by atoms with Crippen LogP contribution in [0.1, 0.15) is 341 Å². The van der Waals surface area contributed by atoms with Gasteiger partial charge < -0.3 is 20.1 Å². The molecule has 0 spiro atoms. The molecule has 0 radical (unpaired) electrons. The molecule has 0 aliphatic carbocycles. The Morgan fingerprint density at radius 2 is 0.705 bits per heavy atom. The summed E-state index contributed by atoms with van der Waals surface area (Å²) in [6, 6.07) is 0. The lowest BCUT2D eigenvalue weighted by molar-refractivity contribution is -0.161. The number of ether oxygens (including phenoxy) is 2. The Balaban J connectivity index is 3.79. The predicted molar refractivity (Wildman–Crippen MR) is 335 cm³/mol.